The molecule has 0 bridgehead atoms. The first-order chi connectivity index (χ1) is 10.3. The Morgan fingerprint density at radius 3 is 2.64 bits per heavy atom. The molecular weight excluding hydrogens is 286 g/mol. The lowest BCUT2D eigenvalue weighted by atomic mass is 10.1. The number of amides is 1. The average Bonchev–Trinajstić information content (AvgIpc) is 2.38. The number of ether oxygens (including phenoxy) is 2. The molecule has 1 amide bonds. The van der Waals surface area contributed by atoms with E-state index in [0.29, 0.717) is 11.4 Å². The summed E-state index contributed by atoms with van der Waals surface area (Å²) in [4.78, 5) is 27.6. The van der Waals surface area contributed by atoms with Crippen LogP contribution in [0.3, 0.4) is 0 Å². The second-order valence-corrected chi connectivity index (χ2v) is 5.40. The van der Waals surface area contributed by atoms with Crippen molar-refractivity contribution in [3.63, 3.8) is 0 Å². The number of nitrogens with zero attached hydrogens (tertiary/aromatic N) is 2. The van der Waals surface area contributed by atoms with Crippen molar-refractivity contribution >= 4 is 17.7 Å². The van der Waals surface area contributed by atoms with Gasteiger partial charge in [-0.15, -0.1) is 0 Å². The third kappa shape index (κ3) is 5.40. The monoisotopic (exact) mass is 305 g/mol. The number of rotatable bonds is 4. The molecule has 0 aliphatic rings. The van der Waals surface area contributed by atoms with Crippen LogP contribution in [-0.4, -0.2) is 29.3 Å². The maximum atomic E-state index is 11.9. The van der Waals surface area contributed by atoms with Crippen molar-refractivity contribution in [1.82, 2.24) is 4.98 Å². The zero-order valence-electron chi connectivity index (χ0n) is 13.1. The van der Waals surface area contributed by atoms with Crippen LogP contribution in [0.5, 0.6) is 0 Å². The smallest absolute Gasteiger partial charge is 0.412 e. The van der Waals surface area contributed by atoms with Gasteiger partial charge in [0, 0.05) is 0 Å². The van der Waals surface area contributed by atoms with Crippen LogP contribution >= 0.6 is 0 Å². The molecule has 0 radical (unpaired) electrons. The molecule has 1 N–H and O–H groups in total. The minimum absolute atomic E-state index is 0.0269. The van der Waals surface area contributed by atoms with Crippen LogP contribution in [0.25, 0.3) is 0 Å². The molecule has 0 saturated heterocycles. The van der Waals surface area contributed by atoms with Gasteiger partial charge in [-0.2, -0.15) is 5.26 Å². The zero-order chi connectivity index (χ0) is 16.8. The van der Waals surface area contributed by atoms with E-state index in [1.54, 1.807) is 27.7 Å². The third-order valence-electron chi connectivity index (χ3n) is 2.36. The summed E-state index contributed by atoms with van der Waals surface area (Å²) in [6.07, 6.45) is 0.678. The molecule has 0 unspecified atom stereocenters. The summed E-state index contributed by atoms with van der Waals surface area (Å²) >= 11 is 0. The number of anilines is 1. The molecule has 0 spiro atoms. The van der Waals surface area contributed by atoms with Crippen LogP contribution in [0.2, 0.25) is 0 Å². The van der Waals surface area contributed by atoms with E-state index in [1.807, 2.05) is 6.07 Å². The quantitative estimate of drug-likeness (QED) is 0.858. The molecule has 0 fully saturated rings. The maximum absolute atomic E-state index is 11.9. The largest absolute Gasteiger partial charge is 0.462 e. The Bertz CT molecular complexity index is 600. The van der Waals surface area contributed by atoms with Crippen LogP contribution in [0.1, 0.15) is 43.7 Å². The van der Waals surface area contributed by atoms with Crippen LogP contribution in [0.15, 0.2) is 12.3 Å². The number of pyridine rings is 1. The number of aromatic nitrogens is 1. The molecule has 118 valence electrons. The van der Waals surface area contributed by atoms with Gasteiger partial charge in [0.1, 0.15) is 5.60 Å². The second-order valence-electron chi connectivity index (χ2n) is 5.40. The Morgan fingerprint density at radius 2 is 2.09 bits per heavy atom. The van der Waals surface area contributed by atoms with Gasteiger partial charge >= 0.3 is 12.1 Å². The van der Waals surface area contributed by atoms with E-state index < -0.39 is 17.7 Å². The van der Waals surface area contributed by atoms with Gasteiger partial charge in [0.25, 0.3) is 0 Å². The molecule has 0 atom stereocenters. The standard InChI is InChI=1S/C15H19N3O4/c1-5-21-13(19)11-8-10(9-17-12(11)6-7-16)18-14(20)22-15(2,3)4/h8-9H,5-6H2,1-4H3,(H,18,20). The second kappa shape index (κ2) is 7.41. The summed E-state index contributed by atoms with van der Waals surface area (Å²) in [7, 11) is 0. The lowest BCUT2D eigenvalue weighted by Crippen LogP contribution is -2.27. The first-order valence-electron chi connectivity index (χ1n) is 6.79. The van der Waals surface area contributed by atoms with Crippen LogP contribution in [-0.2, 0) is 15.9 Å². The summed E-state index contributed by atoms with van der Waals surface area (Å²) in [6, 6.07) is 3.35. The van der Waals surface area contributed by atoms with E-state index in [0.717, 1.165) is 0 Å². The summed E-state index contributed by atoms with van der Waals surface area (Å²) in [5.41, 5.74) is 0.106. The zero-order valence-corrected chi connectivity index (χ0v) is 13.1. The topological polar surface area (TPSA) is 101 Å². The summed E-state index contributed by atoms with van der Waals surface area (Å²) in [6.45, 7) is 7.10. The Balaban J connectivity index is 2.99. The molecule has 0 aliphatic heterocycles. The molecule has 22 heavy (non-hydrogen) atoms. The number of esters is 1. The molecule has 1 rings (SSSR count). The van der Waals surface area contributed by atoms with Gasteiger partial charge in [0.2, 0.25) is 0 Å². The lowest BCUT2D eigenvalue weighted by molar-refractivity contribution is 0.0523. The number of carbonyl (C=O) groups excluding carboxylic acids is 2. The molecule has 7 heteroatoms. The van der Waals surface area contributed by atoms with E-state index in [4.69, 9.17) is 14.7 Å². The highest BCUT2D eigenvalue weighted by Crippen LogP contribution is 2.16. The minimum Gasteiger partial charge on any atom is -0.462 e. The van der Waals surface area contributed by atoms with Gasteiger partial charge in [-0.25, -0.2) is 9.59 Å². The molecule has 0 aromatic carbocycles. The number of nitrogens with one attached hydrogen (secondary N) is 1. The van der Waals surface area contributed by atoms with Crippen LogP contribution < -0.4 is 5.32 Å². The highest BCUT2D eigenvalue weighted by atomic mass is 16.6. The van der Waals surface area contributed by atoms with E-state index in [2.05, 4.69) is 10.3 Å². The van der Waals surface area contributed by atoms with Gasteiger partial charge in [0.05, 0.1) is 42.2 Å². The molecule has 1 heterocycles. The molecule has 7 nitrogen and oxygen atoms in total. The van der Waals surface area contributed by atoms with Gasteiger partial charge in [-0.1, -0.05) is 0 Å². The molecular formula is C15H19N3O4. The summed E-state index contributed by atoms with van der Waals surface area (Å²) < 4.78 is 10.0. The summed E-state index contributed by atoms with van der Waals surface area (Å²) in [5.74, 6) is -0.590. The van der Waals surface area contributed by atoms with E-state index in [-0.39, 0.29) is 18.6 Å². The predicted molar refractivity (Wildman–Crippen MR) is 79.4 cm³/mol. The SMILES string of the molecule is CCOC(=O)c1cc(NC(=O)OC(C)(C)C)cnc1CC#N. The minimum atomic E-state index is -0.655. The number of nitriles is 1. The Kier molecular flexibility index (Phi) is 5.87. The Morgan fingerprint density at radius 1 is 1.41 bits per heavy atom. The van der Waals surface area contributed by atoms with Gasteiger partial charge in [-0.05, 0) is 33.8 Å². The van der Waals surface area contributed by atoms with Gasteiger partial charge < -0.3 is 9.47 Å². The Labute approximate surface area is 129 Å². The fourth-order valence-corrected chi connectivity index (χ4v) is 1.58. The van der Waals surface area contributed by atoms with Crippen molar-refractivity contribution in [2.24, 2.45) is 0 Å². The van der Waals surface area contributed by atoms with Crippen molar-refractivity contribution in [1.29, 1.82) is 5.26 Å². The normalized spacial score (nSPS) is 10.5. The van der Waals surface area contributed by atoms with Crippen molar-refractivity contribution in [3.8, 4) is 6.07 Å². The van der Waals surface area contributed by atoms with Gasteiger partial charge in [-0.3, -0.25) is 10.3 Å². The molecule has 0 saturated carbocycles. The summed E-state index contributed by atoms with van der Waals surface area (Å²) in [5, 5.41) is 11.3. The fraction of sp³-hybridized carbons (Fsp3) is 0.467. The fourth-order valence-electron chi connectivity index (χ4n) is 1.58. The van der Waals surface area contributed by atoms with Crippen LogP contribution in [0.4, 0.5) is 10.5 Å². The first kappa shape index (κ1) is 17.4. The van der Waals surface area contributed by atoms with Crippen LogP contribution in [0, 0.1) is 11.3 Å². The van der Waals surface area contributed by atoms with Gasteiger partial charge in [0.15, 0.2) is 0 Å². The highest BCUT2D eigenvalue weighted by molar-refractivity contribution is 5.93. The van der Waals surface area contributed by atoms with E-state index in [9.17, 15) is 9.59 Å². The number of carbonyl (C=O) groups is 2. The van der Waals surface area contributed by atoms with Crippen molar-refractivity contribution in [2.75, 3.05) is 11.9 Å². The van der Waals surface area contributed by atoms with Crippen molar-refractivity contribution in [3.05, 3.63) is 23.5 Å². The predicted octanol–water partition coefficient (Wildman–Crippen LogP) is 2.67. The van der Waals surface area contributed by atoms with Crippen molar-refractivity contribution < 1.29 is 19.1 Å². The van der Waals surface area contributed by atoms with E-state index in [1.165, 1.54) is 12.3 Å². The van der Waals surface area contributed by atoms with E-state index >= 15 is 0 Å². The first-order valence-corrected chi connectivity index (χ1v) is 6.79. The van der Waals surface area contributed by atoms with Crippen molar-refractivity contribution in [2.45, 2.75) is 39.7 Å². The molecule has 0 aliphatic carbocycles. The number of hydrogen-bond acceptors (Lipinski definition) is 6. The number of hydrogen-bond donors (Lipinski definition) is 1. The maximum Gasteiger partial charge on any atom is 0.412 e. The molecule has 1 aromatic rings. The lowest BCUT2D eigenvalue weighted by Gasteiger charge is -2.19. The Hall–Kier alpha value is -2.62. The molecule has 1 aromatic heterocycles. The third-order valence-corrected chi connectivity index (χ3v) is 2.36. The highest BCUT2D eigenvalue weighted by Gasteiger charge is 2.19. The average molecular weight is 305 g/mol.